The van der Waals surface area contributed by atoms with Crippen molar-refractivity contribution in [2.75, 3.05) is 0 Å². The molecule has 0 saturated carbocycles. The summed E-state index contributed by atoms with van der Waals surface area (Å²) in [5.41, 5.74) is 20.9. The highest BCUT2D eigenvalue weighted by Crippen LogP contribution is 2.46. The Morgan fingerprint density at radius 2 is 0.412 bits per heavy atom. The van der Waals surface area contributed by atoms with Gasteiger partial charge in [0.05, 0.1) is 60.7 Å². The van der Waals surface area contributed by atoms with Crippen LogP contribution < -0.4 is 0 Å². The van der Waals surface area contributed by atoms with Crippen molar-refractivity contribution in [3.8, 4) is 28.4 Å². The largest absolute Gasteiger partial charge is 0.334 e. The molecule has 6 heteroatoms. The van der Waals surface area contributed by atoms with Crippen LogP contribution in [0.25, 0.3) is 159 Å². The van der Waals surface area contributed by atoms with Gasteiger partial charge in [0.15, 0.2) is 0 Å². The minimum atomic E-state index is 0.591. The fraction of sp³-hybridized carbons (Fsp3) is 0.0127. The molecule has 0 radical (unpaired) electrons. The molecule has 0 aliphatic rings. The van der Waals surface area contributed by atoms with Crippen molar-refractivity contribution in [3.63, 3.8) is 0 Å². The van der Waals surface area contributed by atoms with E-state index in [1.807, 2.05) is 0 Å². The third-order valence-electron chi connectivity index (χ3n) is 18.4. The van der Waals surface area contributed by atoms with E-state index in [0.717, 1.165) is 39.5 Å². The molecule has 0 bridgehead atoms. The van der Waals surface area contributed by atoms with Crippen LogP contribution in [0.3, 0.4) is 0 Å². The van der Waals surface area contributed by atoms with Gasteiger partial charge in [-0.2, -0.15) is 0 Å². The molecule has 0 amide bonds. The number of nitrogens with zero attached hydrogens (tertiary/aromatic N) is 6. The van der Waals surface area contributed by atoms with Gasteiger partial charge in [-0.05, 0) is 96.6 Å². The lowest BCUT2D eigenvalue weighted by Crippen LogP contribution is -2.06. The maximum Gasteiger partial charge on any atom is 0.0788 e. The zero-order valence-electron chi connectivity index (χ0n) is 46.1. The van der Waals surface area contributed by atoms with E-state index in [9.17, 15) is 0 Å². The molecule has 396 valence electrons. The Kier molecular flexibility index (Phi) is 9.58. The standard InChI is InChI=1S/C79H50N6/c1-4-22-51(23-5-1)81-69-35-17-11-29-57(69)63-41-40-62-56-28-10-16-34-68(56)80(74(62)75(63)81)49-50-46-54(84-72-38-20-14-32-60(72)66-44-42-64-58-30-12-18-36-70(58)82(76(64)78(66)84)52-24-6-2-7-25-52)48-55(47-50)85-73-39-21-15-33-61(73)67-45-43-65-59-31-13-19-37-71(59)83(77(65)79(67)85)53-26-8-3-9-27-53/h1-48H,49H2. The maximum absolute atomic E-state index is 2.61. The van der Waals surface area contributed by atoms with E-state index in [2.05, 4.69) is 319 Å². The van der Waals surface area contributed by atoms with Gasteiger partial charge in [-0.1, -0.05) is 200 Å². The molecule has 19 rings (SSSR count). The zero-order chi connectivity index (χ0) is 55.4. The Balaban J connectivity index is 0.984. The van der Waals surface area contributed by atoms with Gasteiger partial charge in [0.1, 0.15) is 0 Å². The molecule has 19 aromatic rings. The van der Waals surface area contributed by atoms with Crippen LogP contribution in [-0.2, 0) is 6.54 Å². The summed E-state index contributed by atoms with van der Waals surface area (Å²) >= 11 is 0. The number of rotatable bonds is 7. The molecule has 0 N–H and O–H groups in total. The van der Waals surface area contributed by atoms with Crippen LogP contribution in [0.4, 0.5) is 0 Å². The molecule has 0 atom stereocenters. The minimum Gasteiger partial charge on any atom is -0.334 e. The predicted molar refractivity (Wildman–Crippen MR) is 357 cm³/mol. The molecular formula is C79H50N6. The highest BCUT2D eigenvalue weighted by atomic mass is 15.1. The minimum absolute atomic E-state index is 0.591. The fourth-order valence-electron chi connectivity index (χ4n) is 15.0. The van der Waals surface area contributed by atoms with Gasteiger partial charge in [0, 0.05) is 105 Å². The van der Waals surface area contributed by atoms with Gasteiger partial charge in [-0.25, -0.2) is 0 Å². The fourth-order valence-corrected chi connectivity index (χ4v) is 15.0. The smallest absolute Gasteiger partial charge is 0.0788 e. The molecule has 0 aliphatic carbocycles. The number of fused-ring (bicyclic) bond motifs is 21. The molecule has 0 spiro atoms. The lowest BCUT2D eigenvalue weighted by Gasteiger charge is -2.18. The molecule has 6 nitrogen and oxygen atoms in total. The Morgan fingerprint density at radius 3 is 0.729 bits per heavy atom. The summed E-state index contributed by atoms with van der Waals surface area (Å²) in [7, 11) is 0. The average molecular weight is 1080 g/mol. The summed E-state index contributed by atoms with van der Waals surface area (Å²) in [6, 6.07) is 108. The third kappa shape index (κ3) is 6.42. The number of aromatic nitrogens is 6. The zero-order valence-corrected chi connectivity index (χ0v) is 46.1. The second kappa shape index (κ2) is 17.6. The normalized spacial score (nSPS) is 12.3. The molecule has 0 fully saturated rings. The van der Waals surface area contributed by atoms with Gasteiger partial charge in [-0.3, -0.25) is 0 Å². The first-order chi connectivity index (χ1) is 42.2. The van der Waals surface area contributed by atoms with Crippen molar-refractivity contribution in [1.82, 2.24) is 27.4 Å². The van der Waals surface area contributed by atoms with E-state index in [4.69, 9.17) is 0 Å². The van der Waals surface area contributed by atoms with Crippen LogP contribution in [0, 0.1) is 0 Å². The lowest BCUT2D eigenvalue weighted by atomic mass is 10.1. The van der Waals surface area contributed by atoms with E-state index in [0.29, 0.717) is 6.54 Å². The highest BCUT2D eigenvalue weighted by Gasteiger charge is 2.26. The van der Waals surface area contributed by atoms with E-state index < -0.39 is 0 Å². The van der Waals surface area contributed by atoms with Gasteiger partial charge >= 0.3 is 0 Å². The Hall–Kier alpha value is -11.3. The number of hydrogen-bond donors (Lipinski definition) is 0. The topological polar surface area (TPSA) is 29.6 Å². The third-order valence-corrected chi connectivity index (χ3v) is 18.4. The molecule has 0 saturated heterocycles. The molecule has 13 aromatic carbocycles. The molecule has 6 heterocycles. The first-order valence-electron chi connectivity index (χ1n) is 29.4. The molecule has 0 unspecified atom stereocenters. The van der Waals surface area contributed by atoms with Crippen molar-refractivity contribution >= 4 is 131 Å². The molecular weight excluding hydrogens is 1030 g/mol. The van der Waals surface area contributed by atoms with Crippen molar-refractivity contribution in [3.05, 3.63) is 297 Å². The summed E-state index contributed by atoms with van der Waals surface area (Å²) in [5, 5.41) is 14.7. The second-order valence-corrected chi connectivity index (χ2v) is 22.8. The van der Waals surface area contributed by atoms with E-state index in [-0.39, 0.29) is 0 Å². The van der Waals surface area contributed by atoms with Crippen LogP contribution in [-0.4, -0.2) is 27.4 Å². The predicted octanol–water partition coefficient (Wildman–Crippen LogP) is 20.3. The van der Waals surface area contributed by atoms with Crippen LogP contribution >= 0.6 is 0 Å². The Bertz CT molecular complexity index is 5730. The van der Waals surface area contributed by atoms with Crippen molar-refractivity contribution < 1.29 is 0 Å². The Labute approximate surface area is 487 Å². The summed E-state index contributed by atoms with van der Waals surface area (Å²) in [4.78, 5) is 0. The van der Waals surface area contributed by atoms with Crippen molar-refractivity contribution in [2.24, 2.45) is 0 Å². The number of para-hydroxylation sites is 9. The monoisotopic (exact) mass is 1080 g/mol. The summed E-state index contributed by atoms with van der Waals surface area (Å²) in [5.74, 6) is 0. The van der Waals surface area contributed by atoms with Crippen molar-refractivity contribution in [1.29, 1.82) is 0 Å². The second-order valence-electron chi connectivity index (χ2n) is 22.8. The SMILES string of the molecule is c1ccc(-n2c3ccccc3c3ccc4c5ccccc5n(Cc5cc(-n6c7ccccc7c7ccc8c9ccccc9n(-c9ccccc9)c8c76)cc(-n6c7ccccc7c7ccc8c9ccccc9n(-c9ccccc9)c8c76)c5)c4c32)cc1. The number of hydrogen-bond acceptors (Lipinski definition) is 0. The summed E-state index contributed by atoms with van der Waals surface area (Å²) in [6.07, 6.45) is 0. The first kappa shape index (κ1) is 46.3. The van der Waals surface area contributed by atoms with Crippen LogP contribution in [0.5, 0.6) is 0 Å². The van der Waals surface area contributed by atoms with Gasteiger partial charge < -0.3 is 27.4 Å². The average Bonchev–Trinajstić information content (AvgIpc) is 2.22. The maximum atomic E-state index is 2.61. The highest BCUT2D eigenvalue weighted by molar-refractivity contribution is 6.27. The van der Waals surface area contributed by atoms with Gasteiger partial charge in [-0.15, -0.1) is 0 Å². The van der Waals surface area contributed by atoms with Gasteiger partial charge in [0.25, 0.3) is 0 Å². The van der Waals surface area contributed by atoms with E-state index in [1.54, 1.807) is 0 Å². The van der Waals surface area contributed by atoms with Gasteiger partial charge in [0.2, 0.25) is 0 Å². The first-order valence-corrected chi connectivity index (χ1v) is 29.4. The Morgan fingerprint density at radius 1 is 0.176 bits per heavy atom. The molecule has 0 aliphatic heterocycles. The summed E-state index contributed by atoms with van der Waals surface area (Å²) < 4.78 is 15.3. The number of benzene rings is 13. The van der Waals surface area contributed by atoms with Crippen molar-refractivity contribution in [2.45, 2.75) is 6.54 Å². The lowest BCUT2D eigenvalue weighted by molar-refractivity contribution is 0.866. The van der Waals surface area contributed by atoms with E-state index >= 15 is 0 Å². The quantitative estimate of drug-likeness (QED) is 0.152. The van der Waals surface area contributed by atoms with Crippen LogP contribution in [0.15, 0.2) is 291 Å². The van der Waals surface area contributed by atoms with Crippen LogP contribution in [0.1, 0.15) is 5.56 Å². The van der Waals surface area contributed by atoms with E-state index in [1.165, 1.54) is 125 Å². The summed E-state index contributed by atoms with van der Waals surface area (Å²) in [6.45, 7) is 0.591. The molecule has 85 heavy (non-hydrogen) atoms. The molecule has 6 aromatic heterocycles. The van der Waals surface area contributed by atoms with Crippen LogP contribution in [0.2, 0.25) is 0 Å².